The smallest absolute Gasteiger partial charge is 0.340 e. The second-order valence-corrected chi connectivity index (χ2v) is 4.72. The second kappa shape index (κ2) is 4.30. The second-order valence-electron chi connectivity index (χ2n) is 4.38. The van der Waals surface area contributed by atoms with E-state index in [4.69, 9.17) is 11.6 Å². The van der Waals surface area contributed by atoms with E-state index < -0.39 is 11.7 Å². The first-order valence-corrected chi connectivity index (χ1v) is 6.04. The van der Waals surface area contributed by atoms with Gasteiger partial charge in [-0.05, 0) is 30.5 Å². The number of hydrogen-bond acceptors (Lipinski definition) is 5. The van der Waals surface area contributed by atoms with Crippen LogP contribution < -0.4 is 5.32 Å². The maximum absolute atomic E-state index is 12.9. The number of aromatic nitrogens is 5. The lowest BCUT2D eigenvalue weighted by Gasteiger charge is -2.20. The molecule has 0 unspecified atom stereocenters. The maximum Gasteiger partial charge on any atom is 0.411 e. The topological polar surface area (TPSA) is 68.5 Å². The standard InChI is InChI=1S/C10H8ClF3N6/c11-6-16-7(19-9(2-3-9)10(12,13)14)18-8(17-6)20-5-1-4-15-20/h1,4-5H,2-3H2,(H,16,17,18,19). The third-order valence-corrected chi connectivity index (χ3v) is 3.12. The van der Waals surface area contributed by atoms with E-state index in [9.17, 15) is 13.2 Å². The summed E-state index contributed by atoms with van der Waals surface area (Å²) < 4.78 is 39.9. The molecule has 0 saturated heterocycles. The molecule has 2 heterocycles. The van der Waals surface area contributed by atoms with E-state index in [0.717, 1.165) is 0 Å². The Morgan fingerprint density at radius 2 is 2.00 bits per heavy atom. The van der Waals surface area contributed by atoms with Crippen molar-refractivity contribution in [2.75, 3.05) is 5.32 Å². The molecule has 3 rings (SSSR count). The SMILES string of the molecule is FC(F)(F)C1(Nc2nc(Cl)nc(-n3cccn3)n2)CC1. The summed E-state index contributed by atoms with van der Waals surface area (Å²) in [5.41, 5.74) is -1.96. The first kappa shape index (κ1) is 13.1. The third kappa shape index (κ3) is 2.28. The molecule has 1 N–H and O–H groups in total. The van der Waals surface area contributed by atoms with E-state index >= 15 is 0 Å². The molecule has 10 heteroatoms. The molecular formula is C10H8ClF3N6. The molecule has 106 valence electrons. The highest BCUT2D eigenvalue weighted by molar-refractivity contribution is 6.28. The number of alkyl halides is 3. The summed E-state index contributed by atoms with van der Waals surface area (Å²) in [5, 5.41) is 5.98. The van der Waals surface area contributed by atoms with E-state index in [1.165, 1.54) is 10.9 Å². The van der Waals surface area contributed by atoms with Crippen LogP contribution in [-0.4, -0.2) is 36.4 Å². The van der Waals surface area contributed by atoms with E-state index in [1.807, 2.05) is 0 Å². The number of rotatable bonds is 3. The van der Waals surface area contributed by atoms with E-state index in [2.05, 4.69) is 25.4 Å². The molecule has 0 amide bonds. The first-order chi connectivity index (χ1) is 9.40. The molecule has 1 aliphatic rings. The molecule has 1 saturated carbocycles. The summed E-state index contributed by atoms with van der Waals surface area (Å²) in [6.45, 7) is 0. The Morgan fingerprint density at radius 3 is 2.55 bits per heavy atom. The molecule has 0 atom stereocenters. The fourth-order valence-corrected chi connectivity index (χ4v) is 1.86. The molecule has 0 bridgehead atoms. The van der Waals surface area contributed by atoms with Crippen molar-refractivity contribution in [3.8, 4) is 5.95 Å². The van der Waals surface area contributed by atoms with Gasteiger partial charge in [-0.1, -0.05) is 0 Å². The monoisotopic (exact) mass is 304 g/mol. The van der Waals surface area contributed by atoms with Gasteiger partial charge in [-0.2, -0.15) is 33.2 Å². The summed E-state index contributed by atoms with van der Waals surface area (Å²) in [7, 11) is 0. The van der Waals surface area contributed by atoms with Crippen molar-refractivity contribution in [2.24, 2.45) is 0 Å². The van der Waals surface area contributed by atoms with Crippen molar-refractivity contribution in [3.63, 3.8) is 0 Å². The van der Waals surface area contributed by atoms with Gasteiger partial charge in [0.05, 0.1) is 0 Å². The highest BCUT2D eigenvalue weighted by Gasteiger charge is 2.64. The Hall–Kier alpha value is -1.90. The van der Waals surface area contributed by atoms with Crippen LogP contribution in [0.15, 0.2) is 18.5 Å². The number of anilines is 1. The zero-order chi connectivity index (χ0) is 14.4. The van der Waals surface area contributed by atoms with Crippen LogP contribution in [0.25, 0.3) is 5.95 Å². The normalized spacial score (nSPS) is 17.0. The van der Waals surface area contributed by atoms with Crippen LogP contribution in [0.3, 0.4) is 0 Å². The summed E-state index contributed by atoms with van der Waals surface area (Å²) in [4.78, 5) is 11.4. The number of nitrogens with zero attached hydrogens (tertiary/aromatic N) is 5. The lowest BCUT2D eigenvalue weighted by atomic mass is 10.3. The minimum absolute atomic E-state index is 0.0170. The van der Waals surface area contributed by atoms with Gasteiger partial charge >= 0.3 is 6.18 Å². The van der Waals surface area contributed by atoms with Crippen molar-refractivity contribution < 1.29 is 13.2 Å². The van der Waals surface area contributed by atoms with Crippen LogP contribution in [-0.2, 0) is 0 Å². The van der Waals surface area contributed by atoms with Gasteiger partial charge in [0.1, 0.15) is 5.54 Å². The predicted molar refractivity (Wildman–Crippen MR) is 63.6 cm³/mol. The first-order valence-electron chi connectivity index (χ1n) is 5.66. The van der Waals surface area contributed by atoms with Crippen LogP contribution in [0.4, 0.5) is 19.1 Å². The van der Waals surface area contributed by atoms with Gasteiger partial charge in [-0.15, -0.1) is 0 Å². The van der Waals surface area contributed by atoms with Crippen molar-refractivity contribution in [1.82, 2.24) is 24.7 Å². The molecule has 1 fully saturated rings. The minimum Gasteiger partial charge on any atom is -0.340 e. The highest BCUT2D eigenvalue weighted by atomic mass is 35.5. The third-order valence-electron chi connectivity index (χ3n) is 2.95. The zero-order valence-electron chi connectivity index (χ0n) is 9.89. The summed E-state index contributed by atoms with van der Waals surface area (Å²) >= 11 is 5.71. The van der Waals surface area contributed by atoms with Crippen molar-refractivity contribution >= 4 is 17.5 Å². The lowest BCUT2D eigenvalue weighted by Crippen LogP contribution is -2.39. The molecule has 0 aliphatic heterocycles. The Kier molecular flexibility index (Phi) is 2.82. The molecule has 0 radical (unpaired) electrons. The molecule has 20 heavy (non-hydrogen) atoms. The number of hydrogen-bond donors (Lipinski definition) is 1. The zero-order valence-corrected chi connectivity index (χ0v) is 10.7. The molecule has 0 spiro atoms. The van der Waals surface area contributed by atoms with E-state index in [1.54, 1.807) is 12.3 Å². The van der Waals surface area contributed by atoms with Crippen LogP contribution in [0.2, 0.25) is 5.28 Å². The quantitative estimate of drug-likeness (QED) is 0.941. The van der Waals surface area contributed by atoms with Gasteiger partial charge in [0, 0.05) is 12.4 Å². The minimum atomic E-state index is -4.36. The maximum atomic E-state index is 12.9. The van der Waals surface area contributed by atoms with Crippen molar-refractivity contribution in [2.45, 2.75) is 24.6 Å². The molecule has 1 aliphatic carbocycles. The van der Waals surface area contributed by atoms with Gasteiger partial charge in [0.15, 0.2) is 0 Å². The Balaban J connectivity index is 1.92. The Labute approximate surface area is 116 Å². The van der Waals surface area contributed by atoms with Crippen LogP contribution in [0.1, 0.15) is 12.8 Å². The van der Waals surface area contributed by atoms with Crippen molar-refractivity contribution in [1.29, 1.82) is 0 Å². The van der Waals surface area contributed by atoms with Gasteiger partial charge in [-0.3, -0.25) is 0 Å². The van der Waals surface area contributed by atoms with Gasteiger partial charge in [-0.25, -0.2) is 4.68 Å². The Morgan fingerprint density at radius 1 is 1.25 bits per heavy atom. The molecule has 2 aromatic rings. The molecule has 6 nitrogen and oxygen atoms in total. The number of nitrogens with one attached hydrogen (secondary N) is 1. The van der Waals surface area contributed by atoms with Gasteiger partial charge in [0.25, 0.3) is 5.95 Å². The largest absolute Gasteiger partial charge is 0.411 e. The molecule has 2 aromatic heterocycles. The summed E-state index contributed by atoms with van der Waals surface area (Å²) in [5.74, 6) is -0.166. The van der Waals surface area contributed by atoms with Crippen LogP contribution >= 0.6 is 11.6 Å². The van der Waals surface area contributed by atoms with Crippen LogP contribution in [0, 0.1) is 0 Å². The predicted octanol–water partition coefficient (Wildman–Crippen LogP) is 2.22. The summed E-state index contributed by atoms with van der Waals surface area (Å²) in [6.07, 6.45) is -1.36. The van der Waals surface area contributed by atoms with Crippen LogP contribution in [0.5, 0.6) is 0 Å². The number of halogens is 4. The molecule has 0 aromatic carbocycles. The lowest BCUT2D eigenvalue weighted by molar-refractivity contribution is -0.151. The van der Waals surface area contributed by atoms with Gasteiger partial charge < -0.3 is 5.32 Å². The fraction of sp³-hybridized carbons (Fsp3) is 0.400. The highest BCUT2D eigenvalue weighted by Crippen LogP contribution is 2.50. The van der Waals surface area contributed by atoms with Crippen molar-refractivity contribution in [3.05, 3.63) is 23.7 Å². The Bertz CT molecular complexity index is 622. The van der Waals surface area contributed by atoms with E-state index in [-0.39, 0.29) is 30.0 Å². The van der Waals surface area contributed by atoms with Gasteiger partial charge in [0.2, 0.25) is 11.2 Å². The fourth-order valence-electron chi connectivity index (χ4n) is 1.70. The molecular weight excluding hydrogens is 297 g/mol. The van der Waals surface area contributed by atoms with E-state index in [0.29, 0.717) is 0 Å². The average molecular weight is 305 g/mol. The summed E-state index contributed by atoms with van der Waals surface area (Å²) in [6, 6.07) is 1.63. The average Bonchev–Trinajstić information content (AvgIpc) is 2.94.